The number of nitrogens with two attached hydrogens (primary N) is 1. The van der Waals surface area contributed by atoms with E-state index < -0.39 is 0 Å². The first-order valence-corrected chi connectivity index (χ1v) is 14.9. The van der Waals surface area contributed by atoms with Gasteiger partial charge in [0.15, 0.2) is 5.82 Å². The minimum atomic E-state index is -0.218. The van der Waals surface area contributed by atoms with Crippen LogP contribution in [0.2, 0.25) is 0 Å². The van der Waals surface area contributed by atoms with Gasteiger partial charge in [-0.2, -0.15) is 0 Å². The van der Waals surface area contributed by atoms with Gasteiger partial charge < -0.3 is 24.5 Å². The number of benzene rings is 2. The van der Waals surface area contributed by atoms with Crippen LogP contribution in [0.3, 0.4) is 0 Å². The summed E-state index contributed by atoms with van der Waals surface area (Å²) in [6, 6.07) is 12.6. The fraction of sp³-hybridized carbons (Fsp3) is 0.394. The van der Waals surface area contributed by atoms with E-state index in [4.69, 9.17) is 15.5 Å². The number of amides is 2. The number of hydrogen-bond donors (Lipinski definition) is 1. The van der Waals surface area contributed by atoms with E-state index in [1.807, 2.05) is 30.2 Å². The summed E-state index contributed by atoms with van der Waals surface area (Å²) in [5, 5.41) is 1.14. The second kappa shape index (κ2) is 9.39. The molecule has 42 heavy (non-hydrogen) atoms. The minimum absolute atomic E-state index is 0.00225. The van der Waals surface area contributed by atoms with Crippen molar-refractivity contribution in [3.05, 3.63) is 59.7 Å². The molecule has 2 aliphatic carbocycles. The fourth-order valence-electron chi connectivity index (χ4n) is 7.32. The molecule has 4 aliphatic rings. The summed E-state index contributed by atoms with van der Waals surface area (Å²) in [5.74, 6) is 2.26. The van der Waals surface area contributed by atoms with Crippen molar-refractivity contribution in [2.75, 3.05) is 13.7 Å². The Labute approximate surface area is 243 Å². The van der Waals surface area contributed by atoms with Gasteiger partial charge in [-0.15, -0.1) is 0 Å². The summed E-state index contributed by atoms with van der Waals surface area (Å²) in [4.78, 5) is 36.3. The molecule has 9 heteroatoms. The topological polar surface area (TPSA) is 108 Å². The highest BCUT2D eigenvalue weighted by atomic mass is 16.5. The molecule has 0 radical (unpaired) electrons. The van der Waals surface area contributed by atoms with Gasteiger partial charge in [-0.25, -0.2) is 9.98 Å². The largest absolute Gasteiger partial charge is 0.494 e. The van der Waals surface area contributed by atoms with Crippen LogP contribution in [0.1, 0.15) is 47.5 Å². The third-order valence-corrected chi connectivity index (χ3v) is 9.80. The predicted molar refractivity (Wildman–Crippen MR) is 162 cm³/mol. The molecule has 9 nitrogen and oxygen atoms in total. The van der Waals surface area contributed by atoms with Crippen LogP contribution in [-0.4, -0.2) is 62.8 Å². The highest BCUT2D eigenvalue weighted by molar-refractivity contribution is 6.01. The number of ether oxygens (including phenoxy) is 1. The number of rotatable bonds is 6. The summed E-state index contributed by atoms with van der Waals surface area (Å²) in [5.41, 5.74) is 11.9. The SMILES string of the molecule is COc1cc(C(=O)N2CC3CCC2[C@@H]3N)cc2nc(-c3cc4ccc(C5C=CC(=O)N=C5)cc4n3CC3CC3)n(C)c12. The molecule has 4 aromatic rings. The van der Waals surface area contributed by atoms with E-state index in [1.54, 1.807) is 13.3 Å². The molecular formula is C33H34N6O3. The number of imidazole rings is 1. The third kappa shape index (κ3) is 3.94. The molecule has 4 atom stereocenters. The number of methoxy groups -OCH3 is 1. The number of likely N-dealkylation sites (tertiary alicyclic amines) is 1. The average Bonchev–Trinajstić information content (AvgIpc) is 3.41. The molecule has 2 aromatic carbocycles. The Balaban J connectivity index is 1.23. The molecule has 3 unspecified atom stereocenters. The van der Waals surface area contributed by atoms with Crippen molar-refractivity contribution in [3.63, 3.8) is 0 Å². The van der Waals surface area contributed by atoms with Crippen molar-refractivity contribution < 1.29 is 14.3 Å². The monoisotopic (exact) mass is 562 g/mol. The first-order chi connectivity index (χ1) is 20.4. The maximum atomic E-state index is 13.7. The highest BCUT2D eigenvalue weighted by Gasteiger charge is 2.47. The lowest BCUT2D eigenvalue weighted by molar-refractivity contribution is -0.113. The standard InChI is InChI=1S/C33H34N6O3/c1-37-31-24(11-23(14-28(31)42-2)33(41)39-17-22-7-9-25(39)30(22)34)36-32(37)27-13-20-6-5-19(21-8-10-29(40)35-15-21)12-26(20)38(27)16-18-3-4-18/h5-6,8,10-15,18,21-22,25,30H,3-4,7,9,16-17,34H2,1-2H3/t21?,22?,25?,30-/m1/s1. The Morgan fingerprint density at radius 1 is 1.12 bits per heavy atom. The summed E-state index contributed by atoms with van der Waals surface area (Å²) in [6.45, 7) is 1.64. The van der Waals surface area contributed by atoms with Gasteiger partial charge in [-0.05, 0) is 67.3 Å². The number of aromatic nitrogens is 3. The number of carbonyl (C=O) groups is 2. The summed E-state index contributed by atoms with van der Waals surface area (Å²) in [7, 11) is 3.66. The Morgan fingerprint density at radius 3 is 2.67 bits per heavy atom. The van der Waals surface area contributed by atoms with E-state index in [1.165, 1.54) is 18.9 Å². The van der Waals surface area contributed by atoms with Crippen molar-refractivity contribution >= 4 is 40.0 Å². The maximum absolute atomic E-state index is 13.7. The zero-order chi connectivity index (χ0) is 28.7. The first-order valence-electron chi connectivity index (χ1n) is 14.9. The van der Waals surface area contributed by atoms with Crippen LogP contribution in [0.25, 0.3) is 33.5 Å². The third-order valence-electron chi connectivity index (χ3n) is 9.80. The van der Waals surface area contributed by atoms with Gasteiger partial charge in [0.05, 0.1) is 18.3 Å². The van der Waals surface area contributed by atoms with Gasteiger partial charge in [-0.1, -0.05) is 18.2 Å². The summed E-state index contributed by atoms with van der Waals surface area (Å²) >= 11 is 0. The van der Waals surface area contributed by atoms with E-state index >= 15 is 0 Å². The zero-order valence-corrected chi connectivity index (χ0v) is 23.9. The van der Waals surface area contributed by atoms with Gasteiger partial charge in [-0.3, -0.25) is 9.59 Å². The molecule has 2 aliphatic heterocycles. The Hall–Kier alpha value is -4.24. The normalized spacial score (nSPS) is 24.9. The lowest BCUT2D eigenvalue weighted by Gasteiger charge is -2.27. The number of hydrogen-bond acceptors (Lipinski definition) is 5. The molecule has 0 spiro atoms. The highest BCUT2D eigenvalue weighted by Crippen LogP contribution is 2.40. The molecule has 2 saturated carbocycles. The van der Waals surface area contributed by atoms with Crippen LogP contribution in [0.4, 0.5) is 0 Å². The Kier molecular flexibility index (Phi) is 5.69. The lowest BCUT2D eigenvalue weighted by Crippen LogP contribution is -2.41. The number of fused-ring (bicyclic) bond motifs is 4. The number of aryl methyl sites for hydroxylation is 1. The molecule has 2 N–H and O–H groups in total. The summed E-state index contributed by atoms with van der Waals surface area (Å²) in [6.07, 6.45) is 9.69. The molecule has 214 valence electrons. The molecular weight excluding hydrogens is 528 g/mol. The van der Waals surface area contributed by atoms with E-state index in [9.17, 15) is 9.59 Å². The van der Waals surface area contributed by atoms with Gasteiger partial charge in [0, 0.05) is 66.9 Å². The zero-order valence-electron chi connectivity index (χ0n) is 23.9. The number of allylic oxidation sites excluding steroid dienone is 1. The van der Waals surface area contributed by atoms with Crippen LogP contribution in [0.5, 0.6) is 5.75 Å². The number of carbonyl (C=O) groups excluding carboxylic acids is 2. The quantitative estimate of drug-likeness (QED) is 0.374. The Morgan fingerprint density at radius 2 is 1.98 bits per heavy atom. The smallest absolute Gasteiger partial charge is 0.269 e. The molecule has 2 aromatic heterocycles. The van der Waals surface area contributed by atoms with Gasteiger partial charge in [0.2, 0.25) is 0 Å². The van der Waals surface area contributed by atoms with Crippen LogP contribution < -0.4 is 10.5 Å². The number of piperidine rings is 1. The molecule has 2 bridgehead atoms. The van der Waals surface area contributed by atoms with Crippen LogP contribution in [0, 0.1) is 11.8 Å². The predicted octanol–water partition coefficient (Wildman–Crippen LogP) is 4.43. The minimum Gasteiger partial charge on any atom is -0.494 e. The van der Waals surface area contributed by atoms with E-state index in [-0.39, 0.29) is 29.8 Å². The van der Waals surface area contributed by atoms with Gasteiger partial charge in [0.25, 0.3) is 11.8 Å². The van der Waals surface area contributed by atoms with Gasteiger partial charge >= 0.3 is 0 Å². The Bertz CT molecular complexity index is 1830. The van der Waals surface area contributed by atoms with Crippen LogP contribution >= 0.6 is 0 Å². The molecule has 8 rings (SSSR count). The second-order valence-corrected chi connectivity index (χ2v) is 12.4. The van der Waals surface area contributed by atoms with Crippen molar-refractivity contribution in [1.82, 2.24) is 19.0 Å². The molecule has 3 fully saturated rings. The van der Waals surface area contributed by atoms with Crippen molar-refractivity contribution in [2.45, 2.75) is 50.2 Å². The lowest BCUT2D eigenvalue weighted by atomic mass is 9.97. The van der Waals surface area contributed by atoms with Crippen molar-refractivity contribution in [1.29, 1.82) is 0 Å². The maximum Gasteiger partial charge on any atom is 0.269 e. The van der Waals surface area contributed by atoms with Crippen molar-refractivity contribution in [3.8, 4) is 17.3 Å². The number of nitrogens with zero attached hydrogens (tertiary/aromatic N) is 5. The molecule has 4 heterocycles. The first kappa shape index (κ1) is 25.5. The van der Waals surface area contributed by atoms with E-state index in [0.29, 0.717) is 23.1 Å². The van der Waals surface area contributed by atoms with Gasteiger partial charge in [0.1, 0.15) is 11.3 Å². The summed E-state index contributed by atoms with van der Waals surface area (Å²) < 4.78 is 10.3. The fourth-order valence-corrected chi connectivity index (χ4v) is 7.32. The van der Waals surface area contributed by atoms with E-state index in [2.05, 4.69) is 38.4 Å². The second-order valence-electron chi connectivity index (χ2n) is 12.4. The van der Waals surface area contributed by atoms with Crippen LogP contribution in [0.15, 0.2) is 53.5 Å². The van der Waals surface area contributed by atoms with E-state index in [0.717, 1.165) is 64.9 Å². The molecule has 1 saturated heterocycles. The van der Waals surface area contributed by atoms with Crippen LogP contribution in [-0.2, 0) is 18.4 Å². The number of aliphatic imine (C=N–C) groups is 1. The van der Waals surface area contributed by atoms with Crippen molar-refractivity contribution in [2.24, 2.45) is 29.6 Å². The average molecular weight is 563 g/mol. The number of dihydropyridines is 1. The molecule has 2 amide bonds.